The van der Waals surface area contributed by atoms with Crippen LogP contribution in [0, 0.1) is 4.77 Å². The van der Waals surface area contributed by atoms with E-state index in [1.807, 2.05) is 0 Å². The molecule has 11 heteroatoms. The number of carbonyl (C=O) groups is 2. The molecular weight excluding hydrogens is 303 g/mol. The molecule has 110 valence electrons. The van der Waals surface area contributed by atoms with Crippen molar-refractivity contribution >= 4 is 24.1 Å². The zero-order valence-electron chi connectivity index (χ0n) is 9.58. The van der Waals surface area contributed by atoms with E-state index in [0.717, 1.165) is 6.07 Å². The summed E-state index contributed by atoms with van der Waals surface area (Å²) < 4.78 is 36.1. The highest BCUT2D eigenvalue weighted by molar-refractivity contribution is 7.71. The van der Waals surface area contributed by atoms with Crippen molar-refractivity contribution in [3.8, 4) is 0 Å². The second-order valence-corrected chi connectivity index (χ2v) is 4.09. The maximum atomic E-state index is 12.1. The summed E-state index contributed by atoms with van der Waals surface area (Å²) in [6.07, 6.45) is -5.75. The van der Waals surface area contributed by atoms with Gasteiger partial charge in [0, 0.05) is 18.2 Å². The quantitative estimate of drug-likeness (QED) is 0.589. The number of carboxylic acids is 1. The van der Waals surface area contributed by atoms with Crippen LogP contribution in [0.4, 0.5) is 13.2 Å². The molecule has 1 heterocycles. The molecule has 7 nitrogen and oxygen atoms in total. The number of alkyl halides is 3. The SMILES string of the molecule is O=C(O)C(Cc1cc(=O)[nH]c(=S)[nH]1)NC(=O)C(F)(F)F. The molecule has 1 atom stereocenters. The molecule has 4 N–H and O–H groups in total. The van der Waals surface area contributed by atoms with E-state index in [1.165, 1.54) is 5.32 Å². The number of aliphatic carboxylic acids is 1. The smallest absolute Gasteiger partial charge is 0.471 e. The lowest BCUT2D eigenvalue weighted by Crippen LogP contribution is -2.48. The van der Waals surface area contributed by atoms with Gasteiger partial charge in [0.05, 0.1) is 0 Å². The largest absolute Gasteiger partial charge is 0.480 e. The van der Waals surface area contributed by atoms with Crippen LogP contribution in [0.3, 0.4) is 0 Å². The lowest BCUT2D eigenvalue weighted by Gasteiger charge is -2.15. The molecule has 0 aliphatic rings. The van der Waals surface area contributed by atoms with E-state index >= 15 is 0 Å². The van der Waals surface area contributed by atoms with Crippen LogP contribution in [0.5, 0.6) is 0 Å². The fraction of sp³-hybridized carbons (Fsp3) is 0.333. The molecule has 1 rings (SSSR count). The summed E-state index contributed by atoms with van der Waals surface area (Å²) in [5, 5.41) is 10.1. The molecule has 0 radical (unpaired) electrons. The third-order valence-electron chi connectivity index (χ3n) is 2.10. The zero-order chi connectivity index (χ0) is 15.5. The van der Waals surface area contributed by atoms with Crippen LogP contribution in [-0.2, 0) is 16.0 Å². The van der Waals surface area contributed by atoms with Gasteiger partial charge in [0.15, 0.2) is 4.77 Å². The molecular formula is C9H8F3N3O4S. The maximum absolute atomic E-state index is 12.1. The van der Waals surface area contributed by atoms with Gasteiger partial charge in [-0.1, -0.05) is 0 Å². The Morgan fingerprint density at radius 3 is 2.45 bits per heavy atom. The van der Waals surface area contributed by atoms with E-state index in [-0.39, 0.29) is 10.5 Å². The van der Waals surface area contributed by atoms with Gasteiger partial charge in [-0.3, -0.25) is 14.6 Å². The minimum Gasteiger partial charge on any atom is -0.480 e. The lowest BCUT2D eigenvalue weighted by molar-refractivity contribution is -0.175. The molecule has 1 unspecified atom stereocenters. The Kier molecular flexibility index (Phi) is 4.65. The number of carboxylic acid groups (broad SMARTS) is 1. The summed E-state index contributed by atoms with van der Waals surface area (Å²) >= 11 is 4.63. The summed E-state index contributed by atoms with van der Waals surface area (Å²) in [6, 6.07) is -0.914. The fourth-order valence-electron chi connectivity index (χ4n) is 1.29. The normalized spacial score (nSPS) is 12.8. The lowest BCUT2D eigenvalue weighted by atomic mass is 10.1. The van der Waals surface area contributed by atoms with Gasteiger partial charge in [-0.05, 0) is 12.2 Å². The first kappa shape index (κ1) is 15.9. The zero-order valence-corrected chi connectivity index (χ0v) is 10.4. The number of halogens is 3. The molecule has 0 fully saturated rings. The Labute approximate surface area is 113 Å². The second-order valence-electron chi connectivity index (χ2n) is 3.68. The van der Waals surface area contributed by atoms with Gasteiger partial charge in [0.1, 0.15) is 6.04 Å². The average molecular weight is 311 g/mol. The topological polar surface area (TPSA) is 115 Å². The van der Waals surface area contributed by atoms with Crippen molar-refractivity contribution in [1.29, 1.82) is 0 Å². The molecule has 1 aromatic rings. The molecule has 1 amide bonds. The van der Waals surface area contributed by atoms with E-state index in [2.05, 4.69) is 22.2 Å². The number of H-pyrrole nitrogens is 2. The second kappa shape index (κ2) is 5.86. The van der Waals surface area contributed by atoms with Crippen molar-refractivity contribution in [3.63, 3.8) is 0 Å². The van der Waals surface area contributed by atoms with E-state index < -0.39 is 36.1 Å². The monoisotopic (exact) mass is 311 g/mol. The summed E-state index contributed by atoms with van der Waals surface area (Å²) in [5.74, 6) is -4.06. The first-order chi connectivity index (χ1) is 9.09. The summed E-state index contributed by atoms with van der Waals surface area (Å²) in [5.41, 5.74) is -0.663. The van der Waals surface area contributed by atoms with E-state index in [4.69, 9.17) is 5.11 Å². The number of hydrogen-bond acceptors (Lipinski definition) is 4. The van der Waals surface area contributed by atoms with E-state index in [0.29, 0.717) is 0 Å². The van der Waals surface area contributed by atoms with Crippen LogP contribution in [-0.4, -0.2) is 39.2 Å². The Morgan fingerprint density at radius 1 is 1.40 bits per heavy atom. The summed E-state index contributed by atoms with van der Waals surface area (Å²) in [6.45, 7) is 0. The maximum Gasteiger partial charge on any atom is 0.471 e. The molecule has 0 aromatic carbocycles. The number of carbonyl (C=O) groups excluding carboxylic acids is 1. The number of nitrogens with one attached hydrogen (secondary N) is 3. The molecule has 0 aliphatic heterocycles. The minimum absolute atomic E-state index is 0.0198. The minimum atomic E-state index is -5.20. The standard InChI is InChI=1S/C9H8F3N3O4S/c10-9(11,12)7(19)14-4(6(17)18)1-3-2-5(16)15-8(20)13-3/h2,4H,1H2,(H,14,19)(H,17,18)(H2,13,15,16,20). The predicted molar refractivity (Wildman–Crippen MR) is 61.6 cm³/mol. The van der Waals surface area contributed by atoms with Crippen LogP contribution >= 0.6 is 12.2 Å². The van der Waals surface area contributed by atoms with Crippen molar-refractivity contribution < 1.29 is 27.9 Å². The fourth-order valence-corrected chi connectivity index (χ4v) is 1.52. The number of rotatable bonds is 4. The van der Waals surface area contributed by atoms with Gasteiger partial charge >= 0.3 is 18.1 Å². The van der Waals surface area contributed by atoms with Gasteiger partial charge in [0.25, 0.3) is 5.56 Å². The Bertz CT molecular complexity index is 608. The Hall–Kier alpha value is -2.17. The van der Waals surface area contributed by atoms with E-state index in [9.17, 15) is 27.6 Å². The number of aromatic nitrogens is 2. The van der Waals surface area contributed by atoms with Crippen molar-refractivity contribution in [2.75, 3.05) is 0 Å². The highest BCUT2D eigenvalue weighted by Gasteiger charge is 2.40. The van der Waals surface area contributed by atoms with Crippen LogP contribution in [0.25, 0.3) is 0 Å². The van der Waals surface area contributed by atoms with Gasteiger partial charge in [-0.2, -0.15) is 13.2 Å². The average Bonchev–Trinajstić information content (AvgIpc) is 2.24. The van der Waals surface area contributed by atoms with Crippen molar-refractivity contribution in [2.24, 2.45) is 0 Å². The summed E-state index contributed by atoms with van der Waals surface area (Å²) in [7, 11) is 0. The number of hydrogen-bond donors (Lipinski definition) is 4. The molecule has 0 saturated heterocycles. The van der Waals surface area contributed by atoms with E-state index in [1.54, 1.807) is 0 Å². The highest BCUT2D eigenvalue weighted by atomic mass is 32.1. The van der Waals surface area contributed by atoms with Crippen molar-refractivity contribution in [2.45, 2.75) is 18.6 Å². The summed E-state index contributed by atoms with van der Waals surface area (Å²) in [4.78, 5) is 37.2. The predicted octanol–water partition coefficient (Wildman–Crippen LogP) is 0.107. The Balaban J connectivity index is 2.93. The molecule has 0 bridgehead atoms. The molecule has 0 spiro atoms. The third-order valence-corrected chi connectivity index (χ3v) is 2.31. The molecule has 0 saturated carbocycles. The number of amides is 1. The van der Waals surface area contributed by atoms with Gasteiger partial charge < -0.3 is 15.4 Å². The third kappa shape index (κ3) is 4.50. The van der Waals surface area contributed by atoms with Gasteiger partial charge in [-0.15, -0.1) is 0 Å². The van der Waals surface area contributed by atoms with Crippen LogP contribution in [0.2, 0.25) is 0 Å². The van der Waals surface area contributed by atoms with Gasteiger partial charge in [0.2, 0.25) is 0 Å². The van der Waals surface area contributed by atoms with Crippen molar-refractivity contribution in [1.82, 2.24) is 15.3 Å². The van der Waals surface area contributed by atoms with Crippen LogP contribution in [0.1, 0.15) is 5.69 Å². The van der Waals surface area contributed by atoms with Crippen molar-refractivity contribution in [3.05, 3.63) is 26.9 Å². The first-order valence-corrected chi connectivity index (χ1v) is 5.43. The Morgan fingerprint density at radius 2 is 2.00 bits per heavy atom. The molecule has 0 aliphatic carbocycles. The highest BCUT2D eigenvalue weighted by Crippen LogP contribution is 2.14. The first-order valence-electron chi connectivity index (χ1n) is 5.02. The van der Waals surface area contributed by atoms with Gasteiger partial charge in [-0.25, -0.2) is 4.79 Å². The van der Waals surface area contributed by atoms with Crippen LogP contribution in [0.15, 0.2) is 10.9 Å². The molecule has 20 heavy (non-hydrogen) atoms. The molecule has 1 aromatic heterocycles. The van der Waals surface area contributed by atoms with Crippen LogP contribution < -0.4 is 10.9 Å². The number of aromatic amines is 2.